The Morgan fingerprint density at radius 3 is 2.84 bits per heavy atom. The molecule has 0 N–H and O–H groups in total. The maximum Gasteiger partial charge on any atom is 0.307 e. The Balaban J connectivity index is 1.23. The lowest BCUT2D eigenvalue weighted by Crippen LogP contribution is -2.45. The van der Waals surface area contributed by atoms with Crippen LogP contribution in [0.25, 0.3) is 0 Å². The van der Waals surface area contributed by atoms with Gasteiger partial charge in [-0.05, 0) is 79.5 Å². The van der Waals surface area contributed by atoms with E-state index < -0.39 is 0 Å². The second-order valence-electron chi connectivity index (χ2n) is 10.3. The van der Waals surface area contributed by atoms with Crippen LogP contribution >= 0.6 is 0 Å². The zero-order chi connectivity index (χ0) is 21.4. The quantitative estimate of drug-likeness (QED) is 0.660. The molecular weight excluding hydrogens is 390 g/mol. The Labute approximate surface area is 186 Å². The summed E-state index contributed by atoms with van der Waals surface area (Å²) in [6, 6.07) is 6.68. The molecule has 31 heavy (non-hydrogen) atoms. The van der Waals surface area contributed by atoms with Crippen molar-refractivity contribution in [2.75, 3.05) is 40.0 Å². The van der Waals surface area contributed by atoms with Gasteiger partial charge in [-0.3, -0.25) is 9.69 Å². The molecule has 2 saturated carbocycles. The maximum atomic E-state index is 12.7. The Morgan fingerprint density at radius 2 is 2.03 bits per heavy atom. The van der Waals surface area contributed by atoms with E-state index in [9.17, 15) is 4.79 Å². The lowest BCUT2D eigenvalue weighted by Gasteiger charge is -2.50. The maximum absolute atomic E-state index is 12.7. The van der Waals surface area contributed by atoms with E-state index in [4.69, 9.17) is 14.2 Å². The molecule has 1 heterocycles. The number of hydrogen-bond donors (Lipinski definition) is 0. The average molecular weight is 428 g/mol. The number of nitrogens with zero attached hydrogens (tertiary/aromatic N) is 1. The highest BCUT2D eigenvalue weighted by Crippen LogP contribution is 2.61. The van der Waals surface area contributed by atoms with E-state index >= 15 is 0 Å². The predicted octanol–water partition coefficient (Wildman–Crippen LogP) is 4.19. The lowest BCUT2D eigenvalue weighted by molar-refractivity contribution is -0.158. The minimum atomic E-state index is -0.0124. The summed E-state index contributed by atoms with van der Waals surface area (Å²) in [5.41, 5.74) is 3.16. The van der Waals surface area contributed by atoms with Crippen LogP contribution in [-0.4, -0.2) is 56.9 Å². The van der Waals surface area contributed by atoms with Gasteiger partial charge in [0.15, 0.2) is 0 Å². The number of carbonyl (C=O) groups excluding carboxylic acids is 1. The summed E-state index contributed by atoms with van der Waals surface area (Å²) in [7, 11) is 1.75. The third-order valence-electron chi connectivity index (χ3n) is 8.86. The zero-order valence-electron chi connectivity index (χ0n) is 19.1. The molecule has 3 fully saturated rings. The van der Waals surface area contributed by atoms with Crippen LogP contribution in [-0.2, 0) is 20.7 Å². The fraction of sp³-hybridized carbons (Fsp3) is 0.731. The summed E-state index contributed by atoms with van der Waals surface area (Å²) in [6.07, 6.45) is 7.58. The second-order valence-corrected chi connectivity index (χ2v) is 10.3. The summed E-state index contributed by atoms with van der Waals surface area (Å²) in [5.74, 6) is 3.00. The van der Waals surface area contributed by atoms with Gasteiger partial charge < -0.3 is 14.2 Å². The van der Waals surface area contributed by atoms with Gasteiger partial charge in [0.2, 0.25) is 0 Å². The molecule has 5 nitrogen and oxygen atoms in total. The van der Waals surface area contributed by atoms with Gasteiger partial charge in [-0.25, -0.2) is 0 Å². The summed E-state index contributed by atoms with van der Waals surface area (Å²) in [6.45, 7) is 6.59. The van der Waals surface area contributed by atoms with E-state index in [2.05, 4.69) is 30.0 Å². The van der Waals surface area contributed by atoms with Gasteiger partial charge in [0.1, 0.15) is 11.9 Å². The van der Waals surface area contributed by atoms with Gasteiger partial charge in [-0.2, -0.15) is 0 Å². The number of methoxy groups -OCH3 is 1. The van der Waals surface area contributed by atoms with Gasteiger partial charge in [0.05, 0.1) is 26.7 Å². The number of benzene rings is 1. The zero-order valence-corrected chi connectivity index (χ0v) is 19.1. The number of morpholine rings is 1. The molecule has 1 saturated heterocycles. The SMILES string of the molecule is COc1ccc2c(c1)CC[C@H]1[C@H]2CC[C@]2(C)[C@@H](OC(=O)CCN3CCOCC3)CC[C@@H]12. The number of carbonyl (C=O) groups is 1. The minimum absolute atomic E-state index is 0.0124. The van der Waals surface area contributed by atoms with Crippen molar-refractivity contribution in [3.63, 3.8) is 0 Å². The lowest BCUT2D eigenvalue weighted by atomic mass is 9.55. The predicted molar refractivity (Wildman–Crippen MR) is 119 cm³/mol. The number of ether oxygens (including phenoxy) is 3. The van der Waals surface area contributed by atoms with Crippen molar-refractivity contribution >= 4 is 5.97 Å². The molecule has 170 valence electrons. The minimum Gasteiger partial charge on any atom is -0.497 e. The number of aryl methyl sites for hydroxylation is 1. The first-order valence-electron chi connectivity index (χ1n) is 12.2. The molecule has 1 aliphatic heterocycles. The second kappa shape index (κ2) is 8.74. The van der Waals surface area contributed by atoms with Crippen molar-refractivity contribution in [2.24, 2.45) is 17.3 Å². The van der Waals surface area contributed by atoms with Crippen molar-refractivity contribution in [1.29, 1.82) is 0 Å². The van der Waals surface area contributed by atoms with Crippen LogP contribution < -0.4 is 4.74 Å². The fourth-order valence-corrected chi connectivity index (χ4v) is 7.12. The summed E-state index contributed by atoms with van der Waals surface area (Å²) >= 11 is 0. The molecule has 0 aromatic heterocycles. The van der Waals surface area contributed by atoms with Gasteiger partial charge in [0, 0.05) is 25.0 Å². The molecular formula is C26H37NO4. The average Bonchev–Trinajstić information content (AvgIpc) is 3.13. The first-order chi connectivity index (χ1) is 15.1. The van der Waals surface area contributed by atoms with Crippen molar-refractivity contribution in [3.05, 3.63) is 29.3 Å². The first-order valence-corrected chi connectivity index (χ1v) is 12.2. The normalized spacial score (nSPS) is 35.0. The van der Waals surface area contributed by atoms with Gasteiger partial charge in [-0.15, -0.1) is 0 Å². The molecule has 3 aliphatic carbocycles. The Hall–Kier alpha value is -1.59. The van der Waals surface area contributed by atoms with Crippen molar-refractivity contribution in [1.82, 2.24) is 4.90 Å². The summed E-state index contributed by atoms with van der Waals surface area (Å²) in [4.78, 5) is 15.0. The number of hydrogen-bond acceptors (Lipinski definition) is 5. The van der Waals surface area contributed by atoms with Gasteiger partial charge >= 0.3 is 5.97 Å². The molecule has 1 aromatic rings. The van der Waals surface area contributed by atoms with E-state index in [1.165, 1.54) is 24.8 Å². The van der Waals surface area contributed by atoms with E-state index in [-0.39, 0.29) is 17.5 Å². The molecule has 5 rings (SSSR count). The highest BCUT2D eigenvalue weighted by atomic mass is 16.5. The molecule has 0 amide bonds. The molecule has 0 unspecified atom stereocenters. The number of fused-ring (bicyclic) bond motifs is 5. The highest BCUT2D eigenvalue weighted by Gasteiger charge is 2.56. The van der Waals surface area contributed by atoms with Crippen molar-refractivity contribution in [2.45, 2.75) is 63.9 Å². The third kappa shape index (κ3) is 4.00. The number of rotatable bonds is 5. The highest BCUT2D eigenvalue weighted by molar-refractivity contribution is 5.70. The van der Waals surface area contributed by atoms with Crippen LogP contribution in [0.3, 0.4) is 0 Å². The van der Waals surface area contributed by atoms with E-state index in [1.807, 2.05) is 0 Å². The molecule has 1 aromatic carbocycles. The van der Waals surface area contributed by atoms with Crippen molar-refractivity contribution in [3.8, 4) is 5.75 Å². The molecule has 0 radical (unpaired) electrons. The van der Waals surface area contributed by atoms with E-state index in [0.29, 0.717) is 18.3 Å². The first kappa shape index (κ1) is 21.3. The number of esters is 1. The smallest absolute Gasteiger partial charge is 0.307 e. The van der Waals surface area contributed by atoms with Crippen LogP contribution in [0.5, 0.6) is 5.75 Å². The van der Waals surface area contributed by atoms with Crippen LogP contribution in [0.1, 0.15) is 62.5 Å². The monoisotopic (exact) mass is 427 g/mol. The largest absolute Gasteiger partial charge is 0.497 e. The molecule has 0 spiro atoms. The van der Waals surface area contributed by atoms with E-state index in [0.717, 1.165) is 63.8 Å². The van der Waals surface area contributed by atoms with Crippen LogP contribution in [0.15, 0.2) is 18.2 Å². The molecule has 5 heteroatoms. The molecule has 4 aliphatic rings. The standard InChI is InChI=1S/C26H37NO4/c1-26-11-9-21-20-6-4-19(29-2)17-18(20)3-5-22(21)23(26)7-8-24(26)31-25(28)10-12-27-13-15-30-16-14-27/h4,6,17,21-24H,3,5,7-16H2,1-2H3/t21-,22-,23-,24-,26-/m0/s1. The van der Waals surface area contributed by atoms with Gasteiger partial charge in [0.25, 0.3) is 0 Å². The van der Waals surface area contributed by atoms with Crippen LogP contribution in [0.4, 0.5) is 0 Å². The molecule has 0 bridgehead atoms. The molecule has 5 atom stereocenters. The van der Waals surface area contributed by atoms with E-state index in [1.54, 1.807) is 12.7 Å². The summed E-state index contributed by atoms with van der Waals surface area (Å²) < 4.78 is 17.0. The summed E-state index contributed by atoms with van der Waals surface area (Å²) in [5, 5.41) is 0. The van der Waals surface area contributed by atoms with Crippen LogP contribution in [0, 0.1) is 17.3 Å². The van der Waals surface area contributed by atoms with Gasteiger partial charge in [-0.1, -0.05) is 13.0 Å². The fourth-order valence-electron chi connectivity index (χ4n) is 7.12. The van der Waals surface area contributed by atoms with Crippen LogP contribution in [0.2, 0.25) is 0 Å². The Kier molecular flexibility index (Phi) is 6.00. The topological polar surface area (TPSA) is 48.0 Å². The van der Waals surface area contributed by atoms with Crippen molar-refractivity contribution < 1.29 is 19.0 Å². The Morgan fingerprint density at radius 1 is 1.19 bits per heavy atom. The third-order valence-corrected chi connectivity index (χ3v) is 8.86. The Bertz CT molecular complexity index is 805.